The van der Waals surface area contributed by atoms with E-state index in [1.165, 1.54) is 24.0 Å². The van der Waals surface area contributed by atoms with Crippen molar-refractivity contribution in [3.05, 3.63) is 71.2 Å². The number of rotatable bonds is 3. The molecule has 1 saturated heterocycles. The summed E-state index contributed by atoms with van der Waals surface area (Å²) in [5.74, 6) is -0.421. The van der Waals surface area contributed by atoms with Gasteiger partial charge in [-0.2, -0.15) is 4.74 Å². The van der Waals surface area contributed by atoms with Crippen LogP contribution in [0, 0.1) is 11.0 Å². The van der Waals surface area contributed by atoms with Gasteiger partial charge in [0.05, 0.1) is 5.56 Å². The second-order valence-electron chi connectivity index (χ2n) is 6.06. The van der Waals surface area contributed by atoms with Gasteiger partial charge in [-0.15, -0.1) is 0 Å². The number of benzene rings is 2. The van der Waals surface area contributed by atoms with Crippen LogP contribution in [-0.4, -0.2) is 26.2 Å². The molecule has 0 spiro atoms. The summed E-state index contributed by atoms with van der Waals surface area (Å²) >= 11 is 6.97. The van der Waals surface area contributed by atoms with Crippen LogP contribution in [0.25, 0.3) is 0 Å². The largest absolute Gasteiger partial charge is 0.622 e. The van der Waals surface area contributed by atoms with E-state index in [1.807, 2.05) is 49.1 Å². The number of halogens is 1. The van der Waals surface area contributed by atoms with Gasteiger partial charge >= 0.3 is 0 Å². The number of thioether (sulfide) groups is 1. The summed E-state index contributed by atoms with van der Waals surface area (Å²) in [5, 5.41) is 12.9. The molecule has 1 unspecified atom stereocenters. The predicted octanol–water partition coefficient (Wildman–Crippen LogP) is 4.40. The van der Waals surface area contributed by atoms with Gasteiger partial charge in [-0.25, -0.2) is 4.39 Å². The van der Waals surface area contributed by atoms with Gasteiger partial charge in [0.25, 0.3) is 6.17 Å². The zero-order valence-corrected chi connectivity index (χ0v) is 15.0. The van der Waals surface area contributed by atoms with Crippen LogP contribution in [-0.2, 0) is 0 Å². The Morgan fingerprint density at radius 3 is 2.46 bits per heavy atom. The lowest BCUT2D eigenvalue weighted by atomic mass is 10.1. The van der Waals surface area contributed by atoms with Crippen molar-refractivity contribution in [2.24, 2.45) is 0 Å². The molecule has 0 radical (unpaired) electrons. The first-order valence-electron chi connectivity index (χ1n) is 7.52. The molecule has 0 N–H and O–H groups in total. The molecular weight excluding hydrogens is 343 g/mol. The third kappa shape index (κ3) is 3.16. The van der Waals surface area contributed by atoms with E-state index < -0.39 is 16.7 Å². The topological polar surface area (TPSA) is 29.3 Å². The van der Waals surface area contributed by atoms with Gasteiger partial charge in [0.2, 0.25) is 0 Å². The van der Waals surface area contributed by atoms with Crippen LogP contribution >= 0.6 is 24.0 Å². The summed E-state index contributed by atoms with van der Waals surface area (Å²) in [6.45, 7) is 3.94. The molecule has 6 heteroatoms. The van der Waals surface area contributed by atoms with Crippen LogP contribution in [0.2, 0.25) is 0 Å². The monoisotopic (exact) mass is 360 g/mol. The smallest absolute Gasteiger partial charge is 0.258 e. The van der Waals surface area contributed by atoms with Gasteiger partial charge in [0, 0.05) is 5.69 Å². The normalized spacial score (nSPS) is 20.5. The Morgan fingerprint density at radius 1 is 1.17 bits per heavy atom. The summed E-state index contributed by atoms with van der Waals surface area (Å²) in [4.78, 5) is 1.84. The summed E-state index contributed by atoms with van der Waals surface area (Å²) in [7, 11) is 0. The second kappa shape index (κ2) is 6.53. The Labute approximate surface area is 150 Å². The first-order chi connectivity index (χ1) is 11.4. The first-order valence-corrected chi connectivity index (χ1v) is 8.75. The van der Waals surface area contributed by atoms with Gasteiger partial charge in [0.1, 0.15) is 14.9 Å². The summed E-state index contributed by atoms with van der Waals surface area (Å²) in [6.07, 6.45) is 0.739. The Morgan fingerprint density at radius 2 is 1.79 bits per heavy atom. The fourth-order valence-electron chi connectivity index (χ4n) is 2.78. The Hall–Kier alpha value is -1.92. The van der Waals surface area contributed by atoms with Crippen LogP contribution < -0.4 is 4.90 Å². The first kappa shape index (κ1) is 16.9. The van der Waals surface area contributed by atoms with E-state index >= 15 is 0 Å². The average molecular weight is 360 g/mol. The molecule has 2 aromatic rings. The second-order valence-corrected chi connectivity index (χ2v) is 8.35. The zero-order chi connectivity index (χ0) is 17.3. The van der Waals surface area contributed by atoms with Crippen molar-refractivity contribution >= 4 is 40.2 Å². The molecule has 0 saturated carbocycles. The Kier molecular flexibility index (Phi) is 4.60. The maximum absolute atomic E-state index is 13.9. The minimum atomic E-state index is -0.558. The highest BCUT2D eigenvalue weighted by Crippen LogP contribution is 2.43. The van der Waals surface area contributed by atoms with E-state index in [2.05, 4.69) is 0 Å². The average Bonchev–Trinajstić information content (AvgIpc) is 2.79. The number of thiocarbonyl (C=S) groups is 1. The molecule has 0 amide bonds. The third-order valence-corrected chi connectivity index (χ3v) is 5.42. The lowest BCUT2D eigenvalue weighted by molar-refractivity contribution is -0.497. The van der Waals surface area contributed by atoms with E-state index in [-0.39, 0.29) is 5.56 Å². The highest BCUT2D eigenvalue weighted by molar-refractivity contribution is 8.24. The van der Waals surface area contributed by atoms with E-state index in [1.54, 1.807) is 18.2 Å². The molecule has 1 aliphatic rings. The molecule has 3 nitrogen and oxygen atoms in total. The van der Waals surface area contributed by atoms with Crippen LogP contribution in [0.5, 0.6) is 0 Å². The molecule has 3 rings (SSSR count). The lowest BCUT2D eigenvalue weighted by Crippen LogP contribution is -2.48. The number of hydroxylamine groups is 1. The van der Waals surface area contributed by atoms with Gasteiger partial charge < -0.3 is 5.21 Å². The molecule has 1 fully saturated rings. The lowest BCUT2D eigenvalue weighted by Gasteiger charge is -2.29. The molecule has 0 aromatic heterocycles. The molecule has 124 valence electrons. The molecule has 0 bridgehead atoms. The minimum Gasteiger partial charge on any atom is -0.622 e. The third-order valence-electron chi connectivity index (χ3n) is 3.86. The Balaban J connectivity index is 2.05. The molecule has 0 aliphatic carbocycles. The summed E-state index contributed by atoms with van der Waals surface area (Å²) in [6, 6.07) is 15.8. The fraction of sp³-hybridized carbons (Fsp3) is 0.222. The van der Waals surface area contributed by atoms with Crippen LogP contribution in [0.3, 0.4) is 0 Å². The van der Waals surface area contributed by atoms with Gasteiger partial charge in [-0.3, -0.25) is 4.90 Å². The predicted molar refractivity (Wildman–Crippen MR) is 102 cm³/mol. The Bertz CT molecular complexity index is 793. The highest BCUT2D eigenvalue weighted by atomic mass is 32.2. The summed E-state index contributed by atoms with van der Waals surface area (Å²) < 4.78 is 14.9. The molecule has 24 heavy (non-hydrogen) atoms. The summed E-state index contributed by atoms with van der Waals surface area (Å²) in [5.41, 5.74) is 1.12. The van der Waals surface area contributed by atoms with Crippen molar-refractivity contribution in [3.63, 3.8) is 0 Å². The standard InChI is InChI=1S/C18H17FN2OS2/c1-18(2)16(20(22)12-13-8-6-7-11-15(13)19)21(17(23)24-18)14-9-4-3-5-10-14/h3-12,16H,1-2H3/b20-12-. The molecule has 2 aromatic carbocycles. The van der Waals surface area contributed by atoms with Crippen molar-refractivity contribution in [2.75, 3.05) is 4.90 Å². The van der Waals surface area contributed by atoms with E-state index in [0.29, 0.717) is 4.32 Å². The minimum absolute atomic E-state index is 0.263. The van der Waals surface area contributed by atoms with E-state index in [4.69, 9.17) is 12.2 Å². The van der Waals surface area contributed by atoms with Crippen molar-refractivity contribution in [3.8, 4) is 0 Å². The van der Waals surface area contributed by atoms with Crippen LogP contribution in [0.15, 0.2) is 54.6 Å². The fourth-order valence-corrected chi connectivity index (χ4v) is 4.70. The number of hydrogen-bond donors (Lipinski definition) is 0. The van der Waals surface area contributed by atoms with E-state index in [0.717, 1.165) is 10.4 Å². The van der Waals surface area contributed by atoms with Gasteiger partial charge in [0.15, 0.2) is 6.21 Å². The number of nitrogens with zero attached hydrogens (tertiary/aromatic N) is 2. The molecular formula is C18H17FN2OS2. The maximum Gasteiger partial charge on any atom is 0.258 e. The maximum atomic E-state index is 13.9. The number of para-hydroxylation sites is 1. The van der Waals surface area contributed by atoms with Crippen LogP contribution in [0.4, 0.5) is 10.1 Å². The molecule has 1 heterocycles. The number of anilines is 1. The quantitative estimate of drug-likeness (QED) is 0.267. The number of hydrogen-bond acceptors (Lipinski definition) is 3. The highest BCUT2D eigenvalue weighted by Gasteiger charge is 2.51. The van der Waals surface area contributed by atoms with Crippen LogP contribution in [0.1, 0.15) is 19.4 Å². The SMILES string of the molecule is CC1(C)SC(=S)N(c2ccccc2)C1/[N+]([O-])=C/c1ccccc1F. The van der Waals surface area contributed by atoms with Crippen molar-refractivity contribution in [1.82, 2.24) is 0 Å². The zero-order valence-electron chi connectivity index (χ0n) is 13.3. The molecule has 1 aliphatic heterocycles. The van der Waals surface area contributed by atoms with Crippen molar-refractivity contribution in [2.45, 2.75) is 24.8 Å². The van der Waals surface area contributed by atoms with Gasteiger partial charge in [-0.1, -0.05) is 54.3 Å². The van der Waals surface area contributed by atoms with Crippen molar-refractivity contribution < 1.29 is 9.13 Å². The van der Waals surface area contributed by atoms with Crippen molar-refractivity contribution in [1.29, 1.82) is 0 Å². The van der Waals surface area contributed by atoms with E-state index in [9.17, 15) is 9.60 Å². The molecule has 1 atom stereocenters. The van der Waals surface area contributed by atoms with Gasteiger partial charge in [-0.05, 0) is 38.1 Å².